The maximum absolute atomic E-state index is 11.5. The zero-order valence-electron chi connectivity index (χ0n) is 13.5. The van der Waals surface area contributed by atoms with Crippen LogP contribution in [0.5, 0.6) is 5.75 Å². The van der Waals surface area contributed by atoms with E-state index in [4.69, 9.17) is 19.8 Å². The van der Waals surface area contributed by atoms with Gasteiger partial charge in [0.25, 0.3) is 0 Å². The maximum Gasteiger partial charge on any atom is 0.498 e. The summed E-state index contributed by atoms with van der Waals surface area (Å²) >= 11 is 0. The van der Waals surface area contributed by atoms with Crippen molar-refractivity contribution in [3.8, 4) is 5.75 Å². The second kappa shape index (κ2) is 5.00. The Balaban J connectivity index is 1.96. The molecule has 0 aromatic heterocycles. The van der Waals surface area contributed by atoms with E-state index in [1.54, 1.807) is 18.2 Å². The lowest BCUT2D eigenvalue weighted by atomic mass is 9.77. The van der Waals surface area contributed by atoms with E-state index in [-0.39, 0.29) is 6.10 Å². The van der Waals surface area contributed by atoms with Crippen LogP contribution in [-0.2, 0) is 9.31 Å². The molecular weight excluding hydrogens is 281 g/mol. The summed E-state index contributed by atoms with van der Waals surface area (Å²) in [5.41, 5.74) is 5.64. The minimum Gasteiger partial charge on any atom is -0.491 e. The Morgan fingerprint density at radius 3 is 2.32 bits per heavy atom. The average molecular weight is 303 g/mol. The van der Waals surface area contributed by atoms with E-state index in [1.165, 1.54) is 0 Å². The van der Waals surface area contributed by atoms with Crippen LogP contribution in [0.15, 0.2) is 18.2 Å². The molecule has 5 nitrogen and oxygen atoms in total. The van der Waals surface area contributed by atoms with Gasteiger partial charge in [0.15, 0.2) is 0 Å². The summed E-state index contributed by atoms with van der Waals surface area (Å²) in [5, 5.41) is 0. The van der Waals surface area contributed by atoms with Crippen LogP contribution in [0.3, 0.4) is 0 Å². The van der Waals surface area contributed by atoms with Gasteiger partial charge in [0.05, 0.1) is 17.3 Å². The highest BCUT2D eigenvalue weighted by atomic mass is 16.7. The fourth-order valence-electron chi connectivity index (χ4n) is 2.33. The van der Waals surface area contributed by atoms with Crippen molar-refractivity contribution in [3.63, 3.8) is 0 Å². The molecule has 3 rings (SSSR count). The van der Waals surface area contributed by atoms with Crippen LogP contribution >= 0.6 is 0 Å². The molecule has 1 aliphatic carbocycles. The van der Waals surface area contributed by atoms with E-state index >= 15 is 0 Å². The Kier molecular flexibility index (Phi) is 3.49. The van der Waals surface area contributed by atoms with Gasteiger partial charge in [0.1, 0.15) is 5.75 Å². The van der Waals surface area contributed by atoms with Gasteiger partial charge in [-0.1, -0.05) is 0 Å². The van der Waals surface area contributed by atoms with Crippen molar-refractivity contribution < 1.29 is 18.8 Å². The van der Waals surface area contributed by atoms with Crippen LogP contribution < -0.4 is 15.9 Å². The number of rotatable bonds is 4. The molecule has 2 aliphatic rings. The Bertz CT molecular complexity index is 594. The molecule has 1 saturated carbocycles. The predicted molar refractivity (Wildman–Crippen MR) is 84.3 cm³/mol. The highest BCUT2D eigenvalue weighted by Crippen LogP contribution is 2.37. The maximum atomic E-state index is 11.5. The fraction of sp³-hybridized carbons (Fsp3) is 0.562. The average Bonchev–Trinajstić information content (AvgIpc) is 3.17. The summed E-state index contributed by atoms with van der Waals surface area (Å²) in [4.78, 5) is 11.5. The van der Waals surface area contributed by atoms with E-state index in [2.05, 4.69) is 0 Å². The van der Waals surface area contributed by atoms with Gasteiger partial charge in [0, 0.05) is 11.0 Å². The van der Waals surface area contributed by atoms with Crippen LogP contribution in [-0.4, -0.2) is 30.3 Å². The standard InChI is InChI=1S/C16H22BNO4/c1-15(2)16(3,4)22-17(21-15)12-9-10(14(18)19)5-8-13(12)20-11-6-7-11/h5,8-9,11H,6-7H2,1-4H3,(H2,18,19). The molecule has 0 radical (unpaired) electrons. The van der Waals surface area contributed by atoms with E-state index in [0.29, 0.717) is 11.3 Å². The zero-order valence-corrected chi connectivity index (χ0v) is 13.5. The Labute approximate surface area is 131 Å². The molecule has 0 spiro atoms. The fourth-order valence-corrected chi connectivity index (χ4v) is 2.33. The topological polar surface area (TPSA) is 70.8 Å². The van der Waals surface area contributed by atoms with Crippen molar-refractivity contribution in [2.24, 2.45) is 5.73 Å². The van der Waals surface area contributed by atoms with Crippen molar-refractivity contribution in [1.29, 1.82) is 0 Å². The smallest absolute Gasteiger partial charge is 0.491 e. The molecule has 1 aliphatic heterocycles. The van der Waals surface area contributed by atoms with Crippen LogP contribution in [0.25, 0.3) is 0 Å². The van der Waals surface area contributed by atoms with Crippen molar-refractivity contribution in [3.05, 3.63) is 23.8 Å². The SMILES string of the molecule is CC1(C)OB(c2cc(C(N)=O)ccc2OC2CC2)OC1(C)C. The van der Waals surface area contributed by atoms with Crippen LogP contribution in [0, 0.1) is 0 Å². The number of primary amides is 1. The number of amides is 1. The summed E-state index contributed by atoms with van der Waals surface area (Å²) in [6.07, 6.45) is 2.36. The molecule has 2 fully saturated rings. The van der Waals surface area contributed by atoms with Gasteiger partial charge in [0.2, 0.25) is 5.91 Å². The highest BCUT2D eigenvalue weighted by molar-refractivity contribution is 6.63. The Morgan fingerprint density at radius 1 is 1.23 bits per heavy atom. The first-order valence-corrected chi connectivity index (χ1v) is 7.66. The van der Waals surface area contributed by atoms with E-state index in [0.717, 1.165) is 18.3 Å². The third-order valence-corrected chi connectivity index (χ3v) is 4.62. The lowest BCUT2D eigenvalue weighted by Crippen LogP contribution is -2.41. The van der Waals surface area contributed by atoms with E-state index in [1.807, 2.05) is 27.7 Å². The van der Waals surface area contributed by atoms with Crippen molar-refractivity contribution in [2.45, 2.75) is 57.8 Å². The molecule has 118 valence electrons. The van der Waals surface area contributed by atoms with Crippen molar-refractivity contribution in [2.75, 3.05) is 0 Å². The molecule has 0 atom stereocenters. The van der Waals surface area contributed by atoms with Gasteiger partial charge in [-0.2, -0.15) is 0 Å². The minimum atomic E-state index is -0.571. The molecule has 1 amide bonds. The number of hydrogen-bond donors (Lipinski definition) is 1. The Hall–Kier alpha value is -1.53. The summed E-state index contributed by atoms with van der Waals surface area (Å²) < 4.78 is 18.1. The zero-order chi connectivity index (χ0) is 16.1. The summed E-state index contributed by atoms with van der Waals surface area (Å²) in [5.74, 6) is 0.224. The summed E-state index contributed by atoms with van der Waals surface area (Å²) in [7, 11) is -0.571. The molecule has 1 aromatic carbocycles. The number of benzene rings is 1. The molecule has 1 aromatic rings. The third-order valence-electron chi connectivity index (χ3n) is 4.62. The van der Waals surface area contributed by atoms with Crippen LogP contribution in [0.4, 0.5) is 0 Å². The number of carbonyl (C=O) groups excluding carboxylic acids is 1. The molecule has 1 saturated heterocycles. The normalized spacial score (nSPS) is 22.6. The second-order valence-electron chi connectivity index (χ2n) is 7.02. The predicted octanol–water partition coefficient (Wildman–Crippen LogP) is 1.63. The molecular formula is C16H22BNO4. The van der Waals surface area contributed by atoms with Crippen LogP contribution in [0.1, 0.15) is 50.9 Å². The third kappa shape index (κ3) is 2.73. The van der Waals surface area contributed by atoms with Crippen LogP contribution in [0.2, 0.25) is 0 Å². The number of hydrogen-bond acceptors (Lipinski definition) is 4. The highest BCUT2D eigenvalue weighted by Gasteiger charge is 2.52. The number of carbonyl (C=O) groups is 1. The molecule has 2 N–H and O–H groups in total. The van der Waals surface area contributed by atoms with Gasteiger partial charge in [-0.05, 0) is 58.7 Å². The first-order chi connectivity index (χ1) is 10.2. The summed E-state index contributed by atoms with van der Waals surface area (Å²) in [6.45, 7) is 7.97. The Morgan fingerprint density at radius 2 is 1.82 bits per heavy atom. The molecule has 1 heterocycles. The first-order valence-electron chi connectivity index (χ1n) is 7.66. The number of ether oxygens (including phenoxy) is 1. The van der Waals surface area contributed by atoms with E-state index in [9.17, 15) is 4.79 Å². The first kappa shape index (κ1) is 15.4. The molecule has 6 heteroatoms. The lowest BCUT2D eigenvalue weighted by molar-refractivity contribution is 0.00578. The largest absolute Gasteiger partial charge is 0.498 e. The quantitative estimate of drug-likeness (QED) is 0.858. The van der Waals surface area contributed by atoms with Gasteiger partial charge in [-0.15, -0.1) is 0 Å². The van der Waals surface area contributed by atoms with Gasteiger partial charge >= 0.3 is 7.12 Å². The monoisotopic (exact) mass is 303 g/mol. The summed E-state index contributed by atoms with van der Waals surface area (Å²) in [6, 6.07) is 5.16. The minimum absolute atomic E-state index is 0.251. The molecule has 22 heavy (non-hydrogen) atoms. The second-order valence-corrected chi connectivity index (χ2v) is 7.02. The number of nitrogens with two attached hydrogens (primary N) is 1. The van der Waals surface area contributed by atoms with Gasteiger partial charge < -0.3 is 19.8 Å². The lowest BCUT2D eigenvalue weighted by Gasteiger charge is -2.32. The van der Waals surface area contributed by atoms with E-state index < -0.39 is 24.2 Å². The van der Waals surface area contributed by atoms with Crippen molar-refractivity contribution in [1.82, 2.24) is 0 Å². The van der Waals surface area contributed by atoms with Gasteiger partial charge in [-0.25, -0.2) is 0 Å². The molecule has 0 unspecified atom stereocenters. The van der Waals surface area contributed by atoms with Crippen molar-refractivity contribution >= 4 is 18.5 Å². The van der Waals surface area contributed by atoms with Gasteiger partial charge in [-0.3, -0.25) is 4.79 Å². The molecule has 0 bridgehead atoms.